The van der Waals surface area contributed by atoms with Crippen LogP contribution in [-0.4, -0.2) is 33.9 Å². The number of aromatic nitrogens is 2. The van der Waals surface area contributed by atoms with E-state index >= 15 is 0 Å². The third kappa shape index (κ3) is 4.33. The maximum absolute atomic E-state index is 13.5. The minimum Gasteiger partial charge on any atom is -0.507 e. The fourth-order valence-electron chi connectivity index (χ4n) is 4.59. The van der Waals surface area contributed by atoms with Crippen molar-refractivity contribution in [3.8, 4) is 5.75 Å². The highest BCUT2D eigenvalue weighted by Gasteiger charge is 2.49. The van der Waals surface area contributed by atoms with E-state index in [9.17, 15) is 14.7 Å². The van der Waals surface area contributed by atoms with E-state index in [-0.39, 0.29) is 16.7 Å². The third-order valence-electron chi connectivity index (χ3n) is 6.56. The standard InChI is InChI=1S/C29H26ClN3O4S/c1-15-12-22-20(14-18(15)30)32-28(38-22)33-24(19-8-6-7-11-31-19)23(26(35)27(33)36)25(34)16-9-10-21(37-5)17(13-16)29(2,3)4/h6-14,24,34H,1-5H3/b25-23+. The van der Waals surface area contributed by atoms with Crippen LogP contribution in [0.3, 0.4) is 0 Å². The Labute approximate surface area is 229 Å². The number of hydrogen-bond donors (Lipinski definition) is 1. The zero-order chi connectivity index (χ0) is 27.4. The van der Waals surface area contributed by atoms with Gasteiger partial charge in [0.25, 0.3) is 5.78 Å². The van der Waals surface area contributed by atoms with Gasteiger partial charge in [-0.05, 0) is 60.4 Å². The van der Waals surface area contributed by atoms with Crippen LogP contribution in [0.4, 0.5) is 5.13 Å². The number of thiazole rings is 1. The first-order valence-corrected chi connectivity index (χ1v) is 13.2. The Bertz CT molecular complexity index is 1580. The molecule has 1 aliphatic rings. The first-order chi connectivity index (χ1) is 18.0. The Hall–Kier alpha value is -3.75. The van der Waals surface area contributed by atoms with Crippen molar-refractivity contribution < 1.29 is 19.4 Å². The number of rotatable bonds is 4. The average Bonchev–Trinajstić information content (AvgIpc) is 3.40. The fourth-order valence-corrected chi connectivity index (χ4v) is 5.82. The highest BCUT2D eigenvalue weighted by atomic mass is 35.5. The normalized spacial score (nSPS) is 17.4. The first kappa shape index (κ1) is 25.9. The molecule has 2 aromatic heterocycles. The lowest BCUT2D eigenvalue weighted by molar-refractivity contribution is -0.132. The second-order valence-electron chi connectivity index (χ2n) is 10.2. The molecule has 9 heteroatoms. The van der Waals surface area contributed by atoms with E-state index in [4.69, 9.17) is 16.3 Å². The summed E-state index contributed by atoms with van der Waals surface area (Å²) < 4.78 is 6.36. The van der Waals surface area contributed by atoms with Gasteiger partial charge in [0.1, 0.15) is 17.6 Å². The van der Waals surface area contributed by atoms with Gasteiger partial charge < -0.3 is 9.84 Å². The van der Waals surface area contributed by atoms with Crippen LogP contribution in [0.15, 0.2) is 60.3 Å². The number of nitrogens with zero attached hydrogens (tertiary/aromatic N) is 3. The van der Waals surface area contributed by atoms with Crippen molar-refractivity contribution in [2.75, 3.05) is 12.0 Å². The molecular weight excluding hydrogens is 522 g/mol. The highest BCUT2D eigenvalue weighted by molar-refractivity contribution is 7.22. The number of Topliss-reactive ketones (excluding diaryl/α,β-unsaturated/α-hetero) is 1. The summed E-state index contributed by atoms with van der Waals surface area (Å²) in [6, 6.07) is 13.1. The summed E-state index contributed by atoms with van der Waals surface area (Å²) in [4.78, 5) is 37.4. The predicted octanol–water partition coefficient (Wildman–Crippen LogP) is 6.59. The Morgan fingerprint density at radius 1 is 1.13 bits per heavy atom. The van der Waals surface area contributed by atoms with Gasteiger partial charge in [0.2, 0.25) is 0 Å². The van der Waals surface area contributed by atoms with E-state index in [2.05, 4.69) is 9.97 Å². The van der Waals surface area contributed by atoms with E-state index in [1.807, 2.05) is 33.8 Å². The van der Waals surface area contributed by atoms with Crippen LogP contribution in [0.2, 0.25) is 5.02 Å². The molecule has 7 nitrogen and oxygen atoms in total. The quantitative estimate of drug-likeness (QED) is 0.176. The van der Waals surface area contributed by atoms with Crippen molar-refractivity contribution in [1.82, 2.24) is 9.97 Å². The molecule has 1 atom stereocenters. The molecule has 0 bridgehead atoms. The number of carbonyl (C=O) groups is 2. The van der Waals surface area contributed by atoms with Crippen LogP contribution in [0.25, 0.3) is 16.0 Å². The van der Waals surface area contributed by atoms with Gasteiger partial charge >= 0.3 is 5.91 Å². The number of halogens is 1. The van der Waals surface area contributed by atoms with Gasteiger partial charge in [-0.2, -0.15) is 0 Å². The Kier molecular flexibility index (Phi) is 6.49. The number of aryl methyl sites for hydroxylation is 1. The molecule has 1 saturated heterocycles. The summed E-state index contributed by atoms with van der Waals surface area (Å²) in [5.74, 6) is -1.21. The number of aliphatic hydroxyl groups excluding tert-OH is 1. The SMILES string of the molecule is COc1ccc(/C(O)=C2\C(=O)C(=O)N(c3nc4cc(Cl)c(C)cc4s3)C2c2ccccn2)cc1C(C)(C)C. The summed E-state index contributed by atoms with van der Waals surface area (Å²) in [5.41, 5.74) is 2.85. The second kappa shape index (κ2) is 9.53. The van der Waals surface area contributed by atoms with E-state index in [0.29, 0.717) is 32.7 Å². The highest BCUT2D eigenvalue weighted by Crippen LogP contribution is 2.45. The maximum atomic E-state index is 13.5. The predicted molar refractivity (Wildman–Crippen MR) is 150 cm³/mol. The largest absolute Gasteiger partial charge is 0.507 e. The number of fused-ring (bicyclic) bond motifs is 1. The molecule has 1 N–H and O–H groups in total. The van der Waals surface area contributed by atoms with Crippen LogP contribution >= 0.6 is 22.9 Å². The van der Waals surface area contributed by atoms with Crippen LogP contribution in [0, 0.1) is 6.92 Å². The third-order valence-corrected chi connectivity index (χ3v) is 7.98. The minimum atomic E-state index is -0.964. The number of carbonyl (C=O) groups excluding carboxylic acids is 2. The molecule has 0 radical (unpaired) electrons. The molecule has 4 aromatic rings. The molecule has 1 aliphatic heterocycles. The van der Waals surface area contributed by atoms with Crippen molar-refractivity contribution in [3.63, 3.8) is 0 Å². The Morgan fingerprint density at radius 2 is 1.89 bits per heavy atom. The number of amides is 1. The number of anilines is 1. The Balaban J connectivity index is 1.72. The average molecular weight is 548 g/mol. The zero-order valence-corrected chi connectivity index (χ0v) is 23.1. The number of benzene rings is 2. The number of aliphatic hydroxyl groups is 1. The van der Waals surface area contributed by atoms with Crippen LogP contribution in [0.1, 0.15) is 49.2 Å². The molecule has 1 fully saturated rings. The molecule has 1 unspecified atom stereocenters. The van der Waals surface area contributed by atoms with E-state index in [1.165, 1.54) is 16.2 Å². The molecule has 0 saturated carbocycles. The fraction of sp³-hybridized carbons (Fsp3) is 0.241. The van der Waals surface area contributed by atoms with Gasteiger partial charge in [0.15, 0.2) is 5.13 Å². The number of ketones is 1. The summed E-state index contributed by atoms with van der Waals surface area (Å²) in [6.45, 7) is 7.98. The van der Waals surface area contributed by atoms with Crippen LogP contribution in [0.5, 0.6) is 5.75 Å². The van der Waals surface area contributed by atoms with Crippen molar-refractivity contribution in [3.05, 3.63) is 87.7 Å². The molecule has 194 valence electrons. The molecule has 0 aliphatic carbocycles. The van der Waals surface area contributed by atoms with Gasteiger partial charge in [-0.1, -0.05) is 49.8 Å². The molecule has 5 rings (SSSR count). The van der Waals surface area contributed by atoms with Gasteiger partial charge in [0.05, 0.1) is 28.6 Å². The summed E-state index contributed by atoms with van der Waals surface area (Å²) in [7, 11) is 1.59. The zero-order valence-electron chi connectivity index (χ0n) is 21.6. The monoisotopic (exact) mass is 547 g/mol. The number of ether oxygens (including phenoxy) is 1. The smallest absolute Gasteiger partial charge is 0.301 e. The second-order valence-corrected chi connectivity index (χ2v) is 11.6. The molecule has 3 heterocycles. The summed E-state index contributed by atoms with van der Waals surface area (Å²) in [6.07, 6.45) is 1.59. The van der Waals surface area contributed by atoms with Gasteiger partial charge in [-0.25, -0.2) is 4.98 Å². The number of hydrogen-bond acceptors (Lipinski definition) is 7. The summed E-state index contributed by atoms with van der Waals surface area (Å²) in [5, 5.41) is 12.4. The Morgan fingerprint density at radius 3 is 2.55 bits per heavy atom. The van der Waals surface area contributed by atoms with Crippen LogP contribution in [-0.2, 0) is 15.0 Å². The van der Waals surface area contributed by atoms with Crippen molar-refractivity contribution in [1.29, 1.82) is 0 Å². The van der Waals surface area contributed by atoms with Gasteiger partial charge in [-0.15, -0.1) is 0 Å². The van der Waals surface area contributed by atoms with E-state index in [0.717, 1.165) is 15.8 Å². The lowest BCUT2D eigenvalue weighted by atomic mass is 9.84. The minimum absolute atomic E-state index is 0.0489. The molecule has 38 heavy (non-hydrogen) atoms. The van der Waals surface area contributed by atoms with E-state index in [1.54, 1.807) is 55.8 Å². The van der Waals surface area contributed by atoms with Crippen molar-refractivity contribution >= 4 is 55.7 Å². The van der Waals surface area contributed by atoms with Gasteiger partial charge in [-0.3, -0.25) is 19.5 Å². The molecule has 2 aromatic carbocycles. The van der Waals surface area contributed by atoms with Crippen LogP contribution < -0.4 is 9.64 Å². The lowest BCUT2D eigenvalue weighted by Gasteiger charge is -2.24. The van der Waals surface area contributed by atoms with Gasteiger partial charge in [0, 0.05) is 22.3 Å². The van der Waals surface area contributed by atoms with Crippen molar-refractivity contribution in [2.45, 2.75) is 39.2 Å². The number of pyridine rings is 1. The maximum Gasteiger partial charge on any atom is 0.301 e. The summed E-state index contributed by atoms with van der Waals surface area (Å²) >= 11 is 7.58. The first-order valence-electron chi connectivity index (χ1n) is 12.0. The number of methoxy groups -OCH3 is 1. The van der Waals surface area contributed by atoms with E-state index < -0.39 is 17.7 Å². The molecular formula is C29H26ClN3O4S. The van der Waals surface area contributed by atoms with Crippen molar-refractivity contribution in [2.24, 2.45) is 0 Å². The topological polar surface area (TPSA) is 92.6 Å². The molecule has 0 spiro atoms. The molecule has 1 amide bonds. The lowest BCUT2D eigenvalue weighted by Crippen LogP contribution is -2.29.